The lowest BCUT2D eigenvalue weighted by Gasteiger charge is -2.33. The van der Waals surface area contributed by atoms with Crippen LogP contribution in [0.25, 0.3) is 0 Å². The number of sulfonamides is 1. The standard InChI is InChI=1S/C25H27ClFN3O6S2/c1-13-10-14(6-8-16(13)27)12-30-22(25(2,3)4)21(31)19(24(30)32)20-23(26)38(35,36)18-11-15(29-37(5,33)34)7-9-17(18)28-20/h6-11,19,22-23,29H,12H2,1-5H3/t19?,22-,23?/m1/s1. The monoisotopic (exact) mass is 583 g/mol. The van der Waals surface area contributed by atoms with Gasteiger partial charge in [-0.15, -0.1) is 0 Å². The molecule has 38 heavy (non-hydrogen) atoms. The van der Waals surface area contributed by atoms with Gasteiger partial charge in [-0.3, -0.25) is 19.3 Å². The number of anilines is 1. The molecular formula is C25H27ClFN3O6S2. The van der Waals surface area contributed by atoms with Crippen LogP contribution in [0.5, 0.6) is 0 Å². The summed E-state index contributed by atoms with van der Waals surface area (Å²) in [6.07, 6.45) is 0.920. The van der Waals surface area contributed by atoms with Crippen LogP contribution < -0.4 is 4.72 Å². The molecule has 2 aliphatic rings. The minimum Gasteiger partial charge on any atom is -0.327 e. The van der Waals surface area contributed by atoms with Crippen LogP contribution in [0.2, 0.25) is 0 Å². The summed E-state index contributed by atoms with van der Waals surface area (Å²) < 4.78 is 64.1. The van der Waals surface area contributed by atoms with E-state index >= 15 is 0 Å². The van der Waals surface area contributed by atoms with Crippen molar-refractivity contribution in [2.45, 2.75) is 49.9 Å². The van der Waals surface area contributed by atoms with Gasteiger partial charge in [-0.2, -0.15) is 0 Å². The second kappa shape index (κ2) is 9.42. The Labute approximate surface area is 226 Å². The highest BCUT2D eigenvalue weighted by Gasteiger charge is 2.56. The molecule has 0 radical (unpaired) electrons. The summed E-state index contributed by atoms with van der Waals surface area (Å²) in [5.41, 5.74) is -0.0807. The average molecular weight is 584 g/mol. The highest BCUT2D eigenvalue weighted by atomic mass is 35.5. The number of carbonyl (C=O) groups is 2. The first kappa shape index (κ1) is 28.2. The summed E-state index contributed by atoms with van der Waals surface area (Å²) in [4.78, 5) is 32.8. The molecule has 3 atom stereocenters. The van der Waals surface area contributed by atoms with Gasteiger partial charge in [0.25, 0.3) is 0 Å². The van der Waals surface area contributed by atoms with Crippen LogP contribution >= 0.6 is 11.6 Å². The van der Waals surface area contributed by atoms with Gasteiger partial charge in [0.1, 0.15) is 11.7 Å². The van der Waals surface area contributed by atoms with E-state index in [9.17, 15) is 30.8 Å². The third-order valence-corrected chi connectivity index (χ3v) is 9.67. The molecule has 1 saturated heterocycles. The maximum Gasteiger partial charge on any atom is 0.240 e. The molecule has 1 fully saturated rings. The molecule has 0 aromatic heterocycles. The number of Topliss-reactive ketones (excluding diaryl/α,β-unsaturated/α-hetero) is 1. The molecule has 0 saturated carbocycles. The zero-order valence-corrected chi connectivity index (χ0v) is 23.7. The number of nitrogens with one attached hydrogen (secondary N) is 1. The van der Waals surface area contributed by atoms with E-state index in [0.29, 0.717) is 11.1 Å². The maximum atomic E-state index is 13.8. The number of hydrogen-bond acceptors (Lipinski definition) is 7. The lowest BCUT2D eigenvalue weighted by Crippen LogP contribution is -2.44. The summed E-state index contributed by atoms with van der Waals surface area (Å²) in [7, 11) is -8.02. The first-order chi connectivity index (χ1) is 17.4. The summed E-state index contributed by atoms with van der Waals surface area (Å²) >= 11 is 6.38. The number of nitrogens with zero attached hydrogens (tertiary/aromatic N) is 2. The van der Waals surface area contributed by atoms with Gasteiger partial charge < -0.3 is 4.90 Å². The Morgan fingerprint density at radius 2 is 1.79 bits per heavy atom. The van der Waals surface area contributed by atoms with E-state index < -0.39 is 59.5 Å². The topological polar surface area (TPSA) is 130 Å². The number of rotatable bonds is 5. The van der Waals surface area contributed by atoms with Gasteiger partial charge in [0.05, 0.1) is 28.6 Å². The molecule has 0 aliphatic carbocycles. The smallest absolute Gasteiger partial charge is 0.240 e. The van der Waals surface area contributed by atoms with Crippen molar-refractivity contribution in [2.24, 2.45) is 16.3 Å². The lowest BCUT2D eigenvalue weighted by molar-refractivity contribution is -0.132. The van der Waals surface area contributed by atoms with Crippen molar-refractivity contribution in [2.75, 3.05) is 11.0 Å². The normalized spacial score (nSPS) is 23.3. The van der Waals surface area contributed by atoms with E-state index in [4.69, 9.17) is 11.6 Å². The lowest BCUT2D eigenvalue weighted by atomic mass is 9.82. The molecule has 0 spiro atoms. The Morgan fingerprint density at radius 1 is 1.13 bits per heavy atom. The number of carbonyl (C=O) groups excluding carboxylic acids is 2. The minimum atomic E-state index is -4.34. The zero-order valence-electron chi connectivity index (χ0n) is 21.3. The molecule has 2 aromatic rings. The highest BCUT2D eigenvalue weighted by molar-refractivity contribution is 7.94. The number of fused-ring (bicyclic) bond motifs is 1. The Balaban J connectivity index is 1.79. The van der Waals surface area contributed by atoms with E-state index in [2.05, 4.69) is 9.71 Å². The van der Waals surface area contributed by atoms with E-state index in [1.807, 2.05) is 0 Å². The molecule has 2 unspecified atom stereocenters. The van der Waals surface area contributed by atoms with Crippen LogP contribution in [0.1, 0.15) is 31.9 Å². The van der Waals surface area contributed by atoms with Crippen LogP contribution in [0.4, 0.5) is 15.8 Å². The highest BCUT2D eigenvalue weighted by Crippen LogP contribution is 2.42. The van der Waals surface area contributed by atoms with Crippen LogP contribution in [0, 0.1) is 24.1 Å². The first-order valence-corrected chi connectivity index (χ1v) is 15.5. The van der Waals surface area contributed by atoms with Gasteiger partial charge in [0.2, 0.25) is 25.8 Å². The number of benzene rings is 2. The largest absolute Gasteiger partial charge is 0.327 e. The molecule has 1 amide bonds. The summed E-state index contributed by atoms with van der Waals surface area (Å²) in [5, 5.41) is 0. The number of alkyl halides is 1. The van der Waals surface area contributed by atoms with Crippen LogP contribution in [-0.2, 0) is 36.0 Å². The number of halogens is 2. The van der Waals surface area contributed by atoms with Gasteiger partial charge in [-0.05, 0) is 47.7 Å². The maximum absolute atomic E-state index is 13.8. The van der Waals surface area contributed by atoms with Crippen LogP contribution in [0.15, 0.2) is 46.3 Å². The zero-order chi connectivity index (χ0) is 28.4. The fourth-order valence-electron chi connectivity index (χ4n) is 4.83. The molecule has 13 heteroatoms. The number of ketones is 1. The van der Waals surface area contributed by atoms with Crippen molar-refractivity contribution < 1.29 is 30.8 Å². The Morgan fingerprint density at radius 3 is 2.37 bits per heavy atom. The summed E-state index contributed by atoms with van der Waals surface area (Å²) in [5.74, 6) is -3.10. The predicted molar refractivity (Wildman–Crippen MR) is 142 cm³/mol. The third kappa shape index (κ3) is 5.08. The van der Waals surface area contributed by atoms with Crippen molar-refractivity contribution >= 4 is 60.2 Å². The molecular weight excluding hydrogens is 557 g/mol. The second-order valence-corrected chi connectivity index (χ2v) is 15.1. The number of sulfone groups is 1. The molecule has 4 rings (SSSR count). The first-order valence-electron chi connectivity index (χ1n) is 11.6. The molecule has 9 nitrogen and oxygen atoms in total. The Kier molecular flexibility index (Phi) is 6.99. The van der Waals surface area contributed by atoms with E-state index in [1.165, 1.54) is 29.2 Å². The van der Waals surface area contributed by atoms with Crippen LogP contribution in [-0.4, -0.2) is 56.1 Å². The quantitative estimate of drug-likeness (QED) is 0.423. The van der Waals surface area contributed by atoms with E-state index in [-0.39, 0.29) is 28.5 Å². The number of hydrogen-bond donors (Lipinski definition) is 1. The van der Waals surface area contributed by atoms with Crippen LogP contribution in [0.3, 0.4) is 0 Å². The van der Waals surface area contributed by atoms with Gasteiger partial charge >= 0.3 is 0 Å². The number of likely N-dealkylation sites (tertiary alicyclic amines) is 1. The minimum absolute atomic E-state index is 0.000996. The van der Waals surface area contributed by atoms with Gasteiger partial charge in [0.15, 0.2) is 10.5 Å². The average Bonchev–Trinajstić information content (AvgIpc) is 3.02. The molecule has 0 bridgehead atoms. The van der Waals surface area contributed by atoms with Crippen molar-refractivity contribution in [3.05, 3.63) is 53.3 Å². The van der Waals surface area contributed by atoms with Gasteiger partial charge in [-0.25, -0.2) is 21.2 Å². The fraction of sp³-hybridized carbons (Fsp3) is 0.400. The van der Waals surface area contributed by atoms with E-state index in [1.54, 1.807) is 33.8 Å². The van der Waals surface area contributed by atoms with Gasteiger partial charge in [-0.1, -0.05) is 44.5 Å². The molecule has 204 valence electrons. The predicted octanol–water partition coefficient (Wildman–Crippen LogP) is 3.57. The Bertz CT molecular complexity index is 1600. The van der Waals surface area contributed by atoms with Crippen molar-refractivity contribution in [1.82, 2.24) is 4.90 Å². The molecule has 2 heterocycles. The molecule has 2 aromatic carbocycles. The van der Waals surface area contributed by atoms with Gasteiger partial charge in [0, 0.05) is 12.2 Å². The second-order valence-electron chi connectivity index (χ2n) is 10.6. The van der Waals surface area contributed by atoms with Crippen molar-refractivity contribution in [3.63, 3.8) is 0 Å². The van der Waals surface area contributed by atoms with E-state index in [0.717, 1.165) is 12.3 Å². The number of amides is 1. The molecule has 1 N–H and O–H groups in total. The third-order valence-electron chi connectivity index (χ3n) is 6.41. The van der Waals surface area contributed by atoms with Crippen molar-refractivity contribution in [1.29, 1.82) is 0 Å². The SMILES string of the molecule is Cc1cc(CN2C(=O)C(C3=Nc4ccc(NS(C)(=O)=O)cc4S(=O)(=O)C3Cl)C(=O)[C@@H]2C(C)(C)C)ccc1F. The number of aliphatic imine (C=N–C) groups is 1. The number of aryl methyl sites for hydroxylation is 1. The molecule has 2 aliphatic heterocycles. The fourth-order valence-corrected chi connectivity index (χ4v) is 7.28. The summed E-state index contributed by atoms with van der Waals surface area (Å²) in [6.45, 7) is 6.97. The van der Waals surface area contributed by atoms with Crippen molar-refractivity contribution in [3.8, 4) is 0 Å². The summed E-state index contributed by atoms with van der Waals surface area (Å²) in [6, 6.07) is 7.19. The Hall–Kier alpha value is -2.83.